The Hall–Kier alpha value is -3.38. The van der Waals surface area contributed by atoms with Gasteiger partial charge in [-0.1, -0.05) is 30.3 Å². The Morgan fingerprint density at radius 1 is 1.06 bits per heavy atom. The summed E-state index contributed by atoms with van der Waals surface area (Å²) in [6.45, 7) is 5.46. The summed E-state index contributed by atoms with van der Waals surface area (Å²) in [6.07, 6.45) is 2.07. The van der Waals surface area contributed by atoms with Crippen molar-refractivity contribution in [2.45, 2.75) is 39.7 Å². The van der Waals surface area contributed by atoms with Crippen LogP contribution in [0.1, 0.15) is 27.8 Å². The molecule has 0 aliphatic carbocycles. The number of aliphatic hydroxyl groups is 1. The third-order valence-corrected chi connectivity index (χ3v) is 5.78. The number of benzene rings is 2. The van der Waals surface area contributed by atoms with E-state index < -0.39 is 11.7 Å². The Bertz CT molecular complexity index is 1320. The fourth-order valence-corrected chi connectivity index (χ4v) is 4.02. The molecule has 6 nitrogen and oxygen atoms in total. The van der Waals surface area contributed by atoms with Crippen LogP contribution in [0.2, 0.25) is 0 Å². The van der Waals surface area contributed by atoms with Gasteiger partial charge in [0.25, 0.3) is 0 Å². The van der Waals surface area contributed by atoms with Gasteiger partial charge in [-0.15, -0.1) is 0 Å². The van der Waals surface area contributed by atoms with Crippen LogP contribution >= 0.6 is 0 Å². The van der Waals surface area contributed by atoms with Gasteiger partial charge < -0.3 is 19.3 Å². The number of hydrogen-bond donors (Lipinski definition) is 2. The van der Waals surface area contributed by atoms with Crippen molar-refractivity contribution >= 4 is 27.8 Å². The number of amides is 1. The second-order valence-electron chi connectivity index (χ2n) is 7.98. The number of nitrogens with one attached hydrogen (secondary N) is 1. The van der Waals surface area contributed by atoms with E-state index in [0.29, 0.717) is 23.2 Å². The van der Waals surface area contributed by atoms with E-state index >= 15 is 0 Å². The van der Waals surface area contributed by atoms with Crippen molar-refractivity contribution in [1.82, 2.24) is 5.32 Å². The molecule has 6 heteroatoms. The molecule has 0 aliphatic rings. The molecule has 0 saturated heterocycles. The molecule has 4 rings (SSSR count). The lowest BCUT2D eigenvalue weighted by atomic mass is 9.99. The summed E-state index contributed by atoms with van der Waals surface area (Å²) in [6, 6.07) is 11.1. The number of fused-ring (bicyclic) bond motifs is 2. The van der Waals surface area contributed by atoms with Crippen molar-refractivity contribution in [3.63, 3.8) is 0 Å². The molecule has 0 radical (unpaired) electrons. The SMILES string of the molecule is Cc1coc2c(C)c3oc(=O)c(CC(=O)N[C@@H](CO)Cc4ccccc4)c(C)c3cc12. The minimum atomic E-state index is -0.533. The van der Waals surface area contributed by atoms with Gasteiger partial charge in [0.1, 0.15) is 11.2 Å². The Balaban J connectivity index is 1.63. The molecule has 0 aliphatic heterocycles. The summed E-state index contributed by atoms with van der Waals surface area (Å²) in [5, 5.41) is 14.3. The number of aryl methyl sites for hydroxylation is 3. The molecular weight excluding hydrogens is 394 g/mol. The first-order valence-corrected chi connectivity index (χ1v) is 10.3. The predicted molar refractivity (Wildman–Crippen MR) is 119 cm³/mol. The standard InChI is InChI=1S/C25H25NO5/c1-14-13-30-23-16(3)24-20(10-19(14)23)15(2)21(25(29)31-24)11-22(28)26-18(12-27)9-17-7-5-4-6-8-17/h4-8,10,13,18,27H,9,11-12H2,1-3H3,(H,26,28)/t18-/m1/s1. The lowest BCUT2D eigenvalue weighted by Crippen LogP contribution is -2.40. The van der Waals surface area contributed by atoms with Crippen LogP contribution in [-0.4, -0.2) is 23.7 Å². The van der Waals surface area contributed by atoms with Crippen LogP contribution in [-0.2, 0) is 17.6 Å². The quantitative estimate of drug-likeness (QED) is 0.465. The summed E-state index contributed by atoms with van der Waals surface area (Å²) in [7, 11) is 0. The zero-order valence-corrected chi connectivity index (χ0v) is 17.8. The first-order valence-electron chi connectivity index (χ1n) is 10.3. The highest BCUT2D eigenvalue weighted by atomic mass is 16.4. The van der Waals surface area contributed by atoms with Crippen LogP contribution in [0, 0.1) is 20.8 Å². The maximum atomic E-state index is 12.7. The van der Waals surface area contributed by atoms with Gasteiger partial charge in [0.15, 0.2) is 0 Å². The van der Waals surface area contributed by atoms with Gasteiger partial charge in [-0.05, 0) is 49.9 Å². The molecule has 1 atom stereocenters. The van der Waals surface area contributed by atoms with Crippen molar-refractivity contribution in [3.8, 4) is 0 Å². The highest BCUT2D eigenvalue weighted by Crippen LogP contribution is 2.32. The van der Waals surface area contributed by atoms with Crippen molar-refractivity contribution in [2.75, 3.05) is 6.61 Å². The fraction of sp³-hybridized carbons (Fsp3) is 0.280. The van der Waals surface area contributed by atoms with E-state index in [1.54, 1.807) is 6.26 Å². The molecule has 4 aromatic rings. The third-order valence-electron chi connectivity index (χ3n) is 5.78. The minimum absolute atomic E-state index is 0.114. The zero-order chi connectivity index (χ0) is 22.1. The van der Waals surface area contributed by atoms with E-state index in [1.807, 2.05) is 57.2 Å². The summed E-state index contributed by atoms with van der Waals surface area (Å²) in [5.74, 6) is -0.331. The molecule has 2 aromatic heterocycles. The number of aliphatic hydroxyl groups excluding tert-OH is 1. The summed E-state index contributed by atoms with van der Waals surface area (Å²) >= 11 is 0. The molecular formula is C25H25NO5. The summed E-state index contributed by atoms with van der Waals surface area (Å²) in [4.78, 5) is 25.4. The second-order valence-corrected chi connectivity index (χ2v) is 7.98. The topological polar surface area (TPSA) is 92.7 Å². The predicted octanol–water partition coefficient (Wildman–Crippen LogP) is 3.73. The molecule has 2 aromatic carbocycles. The molecule has 0 unspecified atom stereocenters. The molecule has 160 valence electrons. The van der Waals surface area contributed by atoms with Crippen LogP contribution < -0.4 is 10.9 Å². The van der Waals surface area contributed by atoms with Gasteiger partial charge in [-0.2, -0.15) is 0 Å². The molecule has 0 bridgehead atoms. The Morgan fingerprint density at radius 3 is 2.52 bits per heavy atom. The van der Waals surface area contributed by atoms with Crippen LogP contribution in [0.4, 0.5) is 0 Å². The number of furan rings is 1. The highest BCUT2D eigenvalue weighted by Gasteiger charge is 2.20. The third kappa shape index (κ3) is 3.99. The number of carbonyl (C=O) groups excluding carboxylic acids is 1. The van der Waals surface area contributed by atoms with Crippen LogP contribution in [0.25, 0.3) is 21.9 Å². The first kappa shape index (κ1) is 20.9. The van der Waals surface area contributed by atoms with Crippen molar-refractivity contribution in [1.29, 1.82) is 0 Å². The number of hydrogen-bond acceptors (Lipinski definition) is 5. The van der Waals surface area contributed by atoms with Crippen LogP contribution in [0.3, 0.4) is 0 Å². The summed E-state index contributed by atoms with van der Waals surface area (Å²) in [5.41, 5.74) is 4.46. The van der Waals surface area contributed by atoms with Crippen molar-refractivity contribution in [3.05, 3.63) is 80.9 Å². The molecule has 2 heterocycles. The largest absolute Gasteiger partial charge is 0.464 e. The molecule has 0 spiro atoms. The molecule has 2 N–H and O–H groups in total. The maximum Gasteiger partial charge on any atom is 0.340 e. The molecule has 1 amide bonds. The molecule has 0 saturated carbocycles. The van der Waals surface area contributed by atoms with Crippen LogP contribution in [0.15, 0.2) is 56.3 Å². The smallest absolute Gasteiger partial charge is 0.340 e. The average molecular weight is 419 g/mol. The number of carbonyl (C=O) groups is 1. The van der Waals surface area contributed by atoms with Gasteiger partial charge >= 0.3 is 5.63 Å². The Morgan fingerprint density at radius 2 is 1.81 bits per heavy atom. The van der Waals surface area contributed by atoms with Gasteiger partial charge in [0.2, 0.25) is 5.91 Å². The van der Waals surface area contributed by atoms with E-state index in [-0.39, 0.29) is 18.9 Å². The van der Waals surface area contributed by atoms with Gasteiger partial charge in [0, 0.05) is 16.3 Å². The van der Waals surface area contributed by atoms with Crippen LogP contribution in [0.5, 0.6) is 0 Å². The lowest BCUT2D eigenvalue weighted by molar-refractivity contribution is -0.121. The van der Waals surface area contributed by atoms with Crippen molar-refractivity contribution in [2.24, 2.45) is 0 Å². The normalized spacial score (nSPS) is 12.4. The highest BCUT2D eigenvalue weighted by molar-refractivity contribution is 6.00. The Kier molecular flexibility index (Phi) is 5.65. The summed E-state index contributed by atoms with van der Waals surface area (Å²) < 4.78 is 11.2. The maximum absolute atomic E-state index is 12.7. The number of rotatable bonds is 6. The van der Waals surface area contributed by atoms with Gasteiger partial charge in [0.05, 0.1) is 30.9 Å². The monoisotopic (exact) mass is 419 g/mol. The van der Waals surface area contributed by atoms with E-state index in [2.05, 4.69) is 5.32 Å². The van der Waals surface area contributed by atoms with E-state index in [4.69, 9.17) is 8.83 Å². The van der Waals surface area contributed by atoms with Gasteiger partial charge in [-0.25, -0.2) is 4.79 Å². The molecule has 0 fully saturated rings. The first-order chi connectivity index (χ1) is 14.9. The lowest BCUT2D eigenvalue weighted by Gasteiger charge is -2.17. The molecule has 31 heavy (non-hydrogen) atoms. The van der Waals surface area contributed by atoms with E-state index in [1.165, 1.54) is 0 Å². The fourth-order valence-electron chi connectivity index (χ4n) is 4.02. The minimum Gasteiger partial charge on any atom is -0.464 e. The van der Waals surface area contributed by atoms with Gasteiger partial charge in [-0.3, -0.25) is 4.79 Å². The average Bonchev–Trinajstić information content (AvgIpc) is 3.13. The Labute approximate surface area is 179 Å². The van der Waals surface area contributed by atoms with E-state index in [0.717, 1.165) is 33.0 Å². The van der Waals surface area contributed by atoms with Crippen molar-refractivity contribution < 1.29 is 18.7 Å². The van der Waals surface area contributed by atoms with E-state index in [9.17, 15) is 14.7 Å². The second kappa shape index (κ2) is 8.40. The zero-order valence-electron chi connectivity index (χ0n) is 17.8.